The van der Waals surface area contributed by atoms with Crippen LogP contribution in [0.3, 0.4) is 0 Å². The number of aromatic nitrogens is 2. The summed E-state index contributed by atoms with van der Waals surface area (Å²) in [6.07, 6.45) is 1.08. The van der Waals surface area contributed by atoms with Gasteiger partial charge in [0, 0.05) is 0 Å². The van der Waals surface area contributed by atoms with E-state index in [-0.39, 0.29) is 5.82 Å². The molecule has 5 heteroatoms. The van der Waals surface area contributed by atoms with Gasteiger partial charge in [-0.05, 0) is 11.4 Å². The molecule has 3 nitrogen and oxygen atoms in total. The third kappa shape index (κ3) is 1.50. The van der Waals surface area contributed by atoms with Crippen molar-refractivity contribution in [2.24, 2.45) is 0 Å². The third-order valence-corrected chi connectivity index (χ3v) is 2.38. The molecule has 0 radical (unpaired) electrons. The first-order valence-corrected chi connectivity index (χ1v) is 4.47. The van der Waals surface area contributed by atoms with E-state index in [2.05, 4.69) is 9.97 Å². The minimum Gasteiger partial charge on any atom is -0.381 e. The predicted octanol–water partition coefficient (Wildman–Crippen LogP) is 1.93. The second-order valence-electron chi connectivity index (χ2n) is 2.40. The largest absolute Gasteiger partial charge is 0.381 e. The molecule has 0 amide bonds. The molecule has 0 saturated carbocycles. The number of nitrogen functional groups attached to an aromatic ring is 1. The summed E-state index contributed by atoms with van der Waals surface area (Å²) >= 11 is 1.49. The molecule has 0 aromatic carbocycles. The molecule has 13 heavy (non-hydrogen) atoms. The van der Waals surface area contributed by atoms with Gasteiger partial charge >= 0.3 is 0 Å². The van der Waals surface area contributed by atoms with Crippen molar-refractivity contribution in [1.29, 1.82) is 0 Å². The Morgan fingerprint density at radius 3 is 2.92 bits per heavy atom. The zero-order valence-corrected chi connectivity index (χ0v) is 7.38. The Bertz CT molecular complexity index is 413. The summed E-state index contributed by atoms with van der Waals surface area (Å²) < 4.78 is 12.7. The highest BCUT2D eigenvalue weighted by atomic mass is 32.1. The lowest BCUT2D eigenvalue weighted by Gasteiger charge is -1.97. The number of hydrogen-bond donors (Lipinski definition) is 1. The molecule has 2 heterocycles. The Kier molecular flexibility index (Phi) is 1.94. The number of nitrogens with zero attached hydrogens (tertiary/aromatic N) is 2. The number of hydrogen-bond acceptors (Lipinski definition) is 4. The SMILES string of the molecule is Nc1nc(-c2cccs2)ncc1F. The molecule has 2 aromatic heterocycles. The molecular weight excluding hydrogens is 189 g/mol. The van der Waals surface area contributed by atoms with E-state index in [1.807, 2.05) is 17.5 Å². The molecule has 0 saturated heterocycles. The summed E-state index contributed by atoms with van der Waals surface area (Å²) in [5.74, 6) is -0.229. The van der Waals surface area contributed by atoms with E-state index in [4.69, 9.17) is 5.73 Å². The number of rotatable bonds is 1. The Balaban J connectivity index is 2.49. The van der Waals surface area contributed by atoms with E-state index in [9.17, 15) is 4.39 Å². The van der Waals surface area contributed by atoms with Gasteiger partial charge in [-0.2, -0.15) is 0 Å². The summed E-state index contributed by atoms with van der Waals surface area (Å²) in [6, 6.07) is 3.74. The maximum absolute atomic E-state index is 12.7. The summed E-state index contributed by atoms with van der Waals surface area (Å²) in [5.41, 5.74) is 5.31. The predicted molar refractivity (Wildman–Crippen MR) is 49.7 cm³/mol. The summed E-state index contributed by atoms with van der Waals surface area (Å²) in [6.45, 7) is 0. The van der Waals surface area contributed by atoms with Crippen molar-refractivity contribution in [3.8, 4) is 10.7 Å². The summed E-state index contributed by atoms with van der Waals surface area (Å²) in [7, 11) is 0. The van der Waals surface area contributed by atoms with Gasteiger partial charge in [0.1, 0.15) is 0 Å². The van der Waals surface area contributed by atoms with Crippen LogP contribution in [-0.4, -0.2) is 9.97 Å². The van der Waals surface area contributed by atoms with Gasteiger partial charge in [0.15, 0.2) is 17.5 Å². The van der Waals surface area contributed by atoms with Gasteiger partial charge in [-0.1, -0.05) is 6.07 Å². The highest BCUT2D eigenvalue weighted by molar-refractivity contribution is 7.13. The van der Waals surface area contributed by atoms with Crippen LogP contribution in [0.4, 0.5) is 10.2 Å². The second-order valence-corrected chi connectivity index (χ2v) is 3.35. The second kappa shape index (κ2) is 3.10. The number of anilines is 1. The van der Waals surface area contributed by atoms with Gasteiger partial charge in [0.25, 0.3) is 0 Å². The van der Waals surface area contributed by atoms with Gasteiger partial charge in [-0.3, -0.25) is 0 Å². The van der Waals surface area contributed by atoms with Crippen LogP contribution >= 0.6 is 11.3 Å². The van der Waals surface area contributed by atoms with Gasteiger partial charge in [-0.25, -0.2) is 14.4 Å². The van der Waals surface area contributed by atoms with E-state index in [0.717, 1.165) is 11.1 Å². The lowest BCUT2D eigenvalue weighted by Crippen LogP contribution is -1.97. The fraction of sp³-hybridized carbons (Fsp3) is 0. The van der Waals surface area contributed by atoms with Crippen LogP contribution < -0.4 is 5.73 Å². The van der Waals surface area contributed by atoms with Crippen LogP contribution in [0.2, 0.25) is 0 Å². The molecule has 2 N–H and O–H groups in total. The lowest BCUT2D eigenvalue weighted by atomic mass is 10.4. The van der Waals surface area contributed by atoms with Crippen LogP contribution in [0.1, 0.15) is 0 Å². The molecule has 0 bridgehead atoms. The molecule has 0 spiro atoms. The average molecular weight is 195 g/mol. The van der Waals surface area contributed by atoms with Gasteiger partial charge in [0.05, 0.1) is 11.1 Å². The lowest BCUT2D eigenvalue weighted by molar-refractivity contribution is 0.620. The Morgan fingerprint density at radius 2 is 2.31 bits per heavy atom. The maximum atomic E-state index is 12.7. The number of halogens is 1. The molecule has 0 aliphatic rings. The zero-order valence-electron chi connectivity index (χ0n) is 6.57. The van der Waals surface area contributed by atoms with Crippen molar-refractivity contribution in [3.05, 3.63) is 29.5 Å². The molecule has 0 aliphatic carbocycles. The monoisotopic (exact) mass is 195 g/mol. The van der Waals surface area contributed by atoms with E-state index < -0.39 is 5.82 Å². The van der Waals surface area contributed by atoms with Crippen molar-refractivity contribution in [1.82, 2.24) is 9.97 Å². The molecule has 2 rings (SSSR count). The summed E-state index contributed by atoms with van der Waals surface area (Å²) in [4.78, 5) is 8.52. The fourth-order valence-electron chi connectivity index (χ4n) is 0.905. The van der Waals surface area contributed by atoms with Crippen molar-refractivity contribution in [2.45, 2.75) is 0 Å². The Morgan fingerprint density at radius 1 is 1.46 bits per heavy atom. The highest BCUT2D eigenvalue weighted by Crippen LogP contribution is 2.21. The van der Waals surface area contributed by atoms with E-state index >= 15 is 0 Å². The molecule has 0 unspecified atom stereocenters. The third-order valence-electron chi connectivity index (χ3n) is 1.51. The van der Waals surface area contributed by atoms with Crippen molar-refractivity contribution >= 4 is 17.2 Å². The first-order chi connectivity index (χ1) is 6.27. The van der Waals surface area contributed by atoms with E-state index in [1.54, 1.807) is 0 Å². The van der Waals surface area contributed by atoms with Crippen molar-refractivity contribution in [2.75, 3.05) is 5.73 Å². The van der Waals surface area contributed by atoms with E-state index in [1.165, 1.54) is 11.3 Å². The number of nitrogens with two attached hydrogens (primary N) is 1. The number of thiophene rings is 1. The van der Waals surface area contributed by atoms with Gasteiger partial charge in [0.2, 0.25) is 0 Å². The molecular formula is C8H6FN3S. The molecule has 2 aromatic rings. The van der Waals surface area contributed by atoms with Gasteiger partial charge in [-0.15, -0.1) is 11.3 Å². The first-order valence-electron chi connectivity index (χ1n) is 3.59. The van der Waals surface area contributed by atoms with Crippen molar-refractivity contribution < 1.29 is 4.39 Å². The van der Waals surface area contributed by atoms with Gasteiger partial charge < -0.3 is 5.73 Å². The van der Waals surface area contributed by atoms with Crippen LogP contribution in [0.15, 0.2) is 23.7 Å². The molecule has 0 fully saturated rings. The molecule has 0 atom stereocenters. The standard InChI is InChI=1S/C8H6FN3S/c9-5-4-11-8(12-7(5)10)6-2-1-3-13-6/h1-4H,(H2,10,11,12). The Labute approximate surface area is 78.1 Å². The zero-order chi connectivity index (χ0) is 9.26. The summed E-state index contributed by atoms with van der Waals surface area (Å²) in [5, 5.41) is 1.90. The minimum absolute atomic E-state index is 0.113. The fourth-order valence-corrected chi connectivity index (χ4v) is 1.57. The van der Waals surface area contributed by atoms with Crippen LogP contribution in [-0.2, 0) is 0 Å². The highest BCUT2D eigenvalue weighted by Gasteiger charge is 2.05. The Hall–Kier alpha value is -1.49. The normalized spacial score (nSPS) is 10.2. The minimum atomic E-state index is -0.583. The molecule has 0 aliphatic heterocycles. The smallest absolute Gasteiger partial charge is 0.183 e. The van der Waals surface area contributed by atoms with E-state index in [0.29, 0.717) is 5.82 Å². The quantitative estimate of drug-likeness (QED) is 0.756. The maximum Gasteiger partial charge on any atom is 0.183 e. The first kappa shape index (κ1) is 8.12. The van der Waals surface area contributed by atoms with Crippen molar-refractivity contribution in [3.63, 3.8) is 0 Å². The van der Waals surface area contributed by atoms with Crippen LogP contribution in [0.25, 0.3) is 10.7 Å². The molecule has 66 valence electrons. The van der Waals surface area contributed by atoms with Crippen LogP contribution in [0, 0.1) is 5.82 Å². The topological polar surface area (TPSA) is 51.8 Å². The van der Waals surface area contributed by atoms with Crippen LogP contribution in [0.5, 0.6) is 0 Å². The average Bonchev–Trinajstić information content (AvgIpc) is 2.62.